The Bertz CT molecular complexity index is 621. The predicted molar refractivity (Wildman–Crippen MR) is 75.0 cm³/mol. The minimum atomic E-state index is -0.178. The Kier molecular flexibility index (Phi) is 3.76. The summed E-state index contributed by atoms with van der Waals surface area (Å²) >= 11 is 5.89. The zero-order chi connectivity index (χ0) is 14.0. The molecule has 0 atom stereocenters. The van der Waals surface area contributed by atoms with Crippen molar-refractivity contribution in [3.8, 4) is 0 Å². The number of anilines is 1. The second kappa shape index (κ2) is 5.32. The van der Waals surface area contributed by atoms with E-state index < -0.39 is 0 Å². The van der Waals surface area contributed by atoms with E-state index in [2.05, 4.69) is 10.4 Å². The molecule has 0 aliphatic heterocycles. The monoisotopic (exact) mass is 278 g/mol. The zero-order valence-electron chi connectivity index (χ0n) is 10.8. The Morgan fingerprint density at radius 1 is 1.53 bits per heavy atom. The van der Waals surface area contributed by atoms with Gasteiger partial charge in [-0.25, -0.2) is 0 Å². The van der Waals surface area contributed by atoms with Crippen molar-refractivity contribution in [2.24, 2.45) is 7.05 Å². The van der Waals surface area contributed by atoms with Crippen LogP contribution in [0.4, 0.5) is 5.82 Å². The van der Waals surface area contributed by atoms with E-state index in [-0.39, 0.29) is 5.91 Å². The first-order chi connectivity index (χ1) is 8.99. The van der Waals surface area contributed by atoms with Crippen molar-refractivity contribution in [3.63, 3.8) is 0 Å². The van der Waals surface area contributed by atoms with Crippen LogP contribution in [0, 0.1) is 6.92 Å². The molecule has 0 fully saturated rings. The third kappa shape index (κ3) is 2.88. The van der Waals surface area contributed by atoms with Gasteiger partial charge < -0.3 is 11.1 Å². The highest BCUT2D eigenvalue weighted by Crippen LogP contribution is 2.16. The van der Waals surface area contributed by atoms with Gasteiger partial charge >= 0.3 is 0 Å². The third-order valence-electron chi connectivity index (χ3n) is 2.95. The number of hydrogen-bond acceptors (Lipinski definition) is 3. The lowest BCUT2D eigenvalue weighted by Crippen LogP contribution is -2.24. The second-order valence-electron chi connectivity index (χ2n) is 4.32. The van der Waals surface area contributed by atoms with Crippen molar-refractivity contribution in [1.29, 1.82) is 0 Å². The van der Waals surface area contributed by atoms with Crippen LogP contribution in [0.25, 0.3) is 0 Å². The maximum absolute atomic E-state index is 12.1. The van der Waals surface area contributed by atoms with Gasteiger partial charge in [-0.3, -0.25) is 9.48 Å². The number of nitrogens with zero attached hydrogens (tertiary/aromatic N) is 2. The number of aryl methyl sites for hydroxylation is 2. The van der Waals surface area contributed by atoms with Gasteiger partial charge in [0.1, 0.15) is 5.82 Å². The van der Waals surface area contributed by atoms with Crippen LogP contribution in [0.5, 0.6) is 0 Å². The van der Waals surface area contributed by atoms with Gasteiger partial charge in [0.25, 0.3) is 5.91 Å². The number of benzene rings is 1. The summed E-state index contributed by atoms with van der Waals surface area (Å²) in [5.74, 6) is 0.367. The van der Waals surface area contributed by atoms with E-state index in [0.29, 0.717) is 22.9 Å². The number of nitrogens with one attached hydrogen (secondary N) is 1. The molecule has 1 aromatic heterocycles. The molecule has 2 aromatic rings. The van der Waals surface area contributed by atoms with E-state index in [1.807, 2.05) is 13.0 Å². The maximum Gasteiger partial charge on any atom is 0.251 e. The van der Waals surface area contributed by atoms with Gasteiger partial charge in [-0.05, 0) is 24.6 Å². The molecule has 6 heteroatoms. The average molecular weight is 279 g/mol. The number of nitrogen functional groups attached to an aromatic ring is 1. The lowest BCUT2D eigenvalue weighted by Gasteiger charge is -2.08. The minimum Gasteiger partial charge on any atom is -0.384 e. The molecular formula is C13H15ClN4O. The molecule has 0 saturated heterocycles. The number of rotatable bonds is 3. The molecule has 5 nitrogen and oxygen atoms in total. The van der Waals surface area contributed by atoms with Crippen LogP contribution in [-0.2, 0) is 13.6 Å². The minimum absolute atomic E-state index is 0.178. The van der Waals surface area contributed by atoms with Gasteiger partial charge in [-0.1, -0.05) is 17.7 Å². The fourth-order valence-electron chi connectivity index (χ4n) is 1.74. The Balaban J connectivity index is 2.09. The van der Waals surface area contributed by atoms with Gasteiger partial charge in [0.15, 0.2) is 0 Å². The molecule has 0 aliphatic rings. The quantitative estimate of drug-likeness (QED) is 0.900. The molecule has 0 saturated carbocycles. The van der Waals surface area contributed by atoms with Crippen molar-refractivity contribution >= 4 is 23.3 Å². The highest BCUT2D eigenvalue weighted by atomic mass is 35.5. The van der Waals surface area contributed by atoms with Crippen LogP contribution in [0.2, 0.25) is 5.02 Å². The summed E-state index contributed by atoms with van der Waals surface area (Å²) in [6.07, 6.45) is 1.64. The summed E-state index contributed by atoms with van der Waals surface area (Å²) in [5.41, 5.74) is 8.04. The first-order valence-corrected chi connectivity index (χ1v) is 6.17. The van der Waals surface area contributed by atoms with Crippen LogP contribution in [0.3, 0.4) is 0 Å². The molecular weight excluding hydrogens is 264 g/mol. The van der Waals surface area contributed by atoms with Crippen molar-refractivity contribution in [2.75, 3.05) is 5.73 Å². The van der Waals surface area contributed by atoms with Gasteiger partial charge in [0.05, 0.1) is 6.20 Å². The lowest BCUT2D eigenvalue weighted by atomic mass is 10.1. The molecule has 0 bridgehead atoms. The van der Waals surface area contributed by atoms with E-state index in [4.69, 9.17) is 17.3 Å². The Labute approximate surface area is 116 Å². The molecule has 100 valence electrons. The first kappa shape index (κ1) is 13.4. The summed E-state index contributed by atoms with van der Waals surface area (Å²) in [6, 6.07) is 5.22. The van der Waals surface area contributed by atoms with Gasteiger partial charge in [0, 0.05) is 29.7 Å². The Morgan fingerprint density at radius 3 is 2.89 bits per heavy atom. The molecule has 0 radical (unpaired) electrons. The van der Waals surface area contributed by atoms with Crippen LogP contribution in [0.1, 0.15) is 21.5 Å². The standard InChI is InChI=1S/C13H15ClN4O/c1-8-3-4-10(14)5-11(8)13(19)16-6-9-7-17-18(2)12(9)15/h3-5,7H,6,15H2,1-2H3,(H,16,19). The number of halogens is 1. The number of carbonyl (C=O) groups excluding carboxylic acids is 1. The number of aromatic nitrogens is 2. The molecule has 1 amide bonds. The smallest absolute Gasteiger partial charge is 0.251 e. The summed E-state index contributed by atoms with van der Waals surface area (Å²) in [5, 5.41) is 7.36. The summed E-state index contributed by atoms with van der Waals surface area (Å²) in [6.45, 7) is 2.20. The van der Waals surface area contributed by atoms with Crippen molar-refractivity contribution in [1.82, 2.24) is 15.1 Å². The van der Waals surface area contributed by atoms with Gasteiger partial charge in [-0.2, -0.15) is 5.10 Å². The zero-order valence-corrected chi connectivity index (χ0v) is 11.5. The first-order valence-electron chi connectivity index (χ1n) is 5.79. The lowest BCUT2D eigenvalue weighted by molar-refractivity contribution is 0.0950. The van der Waals surface area contributed by atoms with E-state index in [1.54, 1.807) is 30.1 Å². The summed E-state index contributed by atoms with van der Waals surface area (Å²) in [7, 11) is 1.75. The molecule has 19 heavy (non-hydrogen) atoms. The third-order valence-corrected chi connectivity index (χ3v) is 3.18. The summed E-state index contributed by atoms with van der Waals surface area (Å²) in [4.78, 5) is 12.1. The summed E-state index contributed by atoms with van der Waals surface area (Å²) < 4.78 is 1.56. The largest absolute Gasteiger partial charge is 0.384 e. The number of nitrogens with two attached hydrogens (primary N) is 1. The number of hydrogen-bond donors (Lipinski definition) is 2. The molecule has 0 spiro atoms. The fraction of sp³-hybridized carbons (Fsp3) is 0.231. The molecule has 3 N–H and O–H groups in total. The van der Waals surface area contributed by atoms with Crippen LogP contribution < -0.4 is 11.1 Å². The average Bonchev–Trinajstić information content (AvgIpc) is 2.70. The van der Waals surface area contributed by atoms with E-state index in [0.717, 1.165) is 11.1 Å². The van der Waals surface area contributed by atoms with Crippen LogP contribution >= 0.6 is 11.6 Å². The Morgan fingerprint density at radius 2 is 2.26 bits per heavy atom. The van der Waals surface area contributed by atoms with Crippen LogP contribution in [0.15, 0.2) is 24.4 Å². The predicted octanol–water partition coefficient (Wildman–Crippen LogP) is 1.89. The van der Waals surface area contributed by atoms with E-state index in [1.165, 1.54) is 0 Å². The maximum atomic E-state index is 12.1. The number of carbonyl (C=O) groups is 1. The van der Waals surface area contributed by atoms with Crippen molar-refractivity contribution in [3.05, 3.63) is 46.1 Å². The topological polar surface area (TPSA) is 72.9 Å². The molecule has 0 unspecified atom stereocenters. The molecule has 0 aliphatic carbocycles. The SMILES string of the molecule is Cc1ccc(Cl)cc1C(=O)NCc1cnn(C)c1N. The van der Waals surface area contributed by atoms with Gasteiger partial charge in [-0.15, -0.1) is 0 Å². The molecule has 1 aromatic carbocycles. The highest BCUT2D eigenvalue weighted by Gasteiger charge is 2.11. The van der Waals surface area contributed by atoms with E-state index >= 15 is 0 Å². The van der Waals surface area contributed by atoms with Crippen LogP contribution in [-0.4, -0.2) is 15.7 Å². The Hall–Kier alpha value is -2.01. The second-order valence-corrected chi connectivity index (χ2v) is 4.76. The van der Waals surface area contributed by atoms with E-state index in [9.17, 15) is 4.79 Å². The molecule has 1 heterocycles. The van der Waals surface area contributed by atoms with Crippen molar-refractivity contribution < 1.29 is 4.79 Å². The number of amides is 1. The highest BCUT2D eigenvalue weighted by molar-refractivity contribution is 6.31. The normalized spacial score (nSPS) is 10.5. The van der Waals surface area contributed by atoms with Crippen molar-refractivity contribution in [2.45, 2.75) is 13.5 Å². The van der Waals surface area contributed by atoms with Gasteiger partial charge in [0.2, 0.25) is 0 Å². The fourth-order valence-corrected chi connectivity index (χ4v) is 1.91. The molecule has 2 rings (SSSR count).